The van der Waals surface area contributed by atoms with Crippen LogP contribution >= 0.6 is 11.3 Å². The number of carboxylic acid groups (broad SMARTS) is 1. The summed E-state index contributed by atoms with van der Waals surface area (Å²) in [5.41, 5.74) is 2.37. The molecule has 0 unspecified atom stereocenters. The second-order valence-corrected chi connectivity index (χ2v) is 12.6. The van der Waals surface area contributed by atoms with Gasteiger partial charge in [0, 0.05) is 92.2 Å². The van der Waals surface area contributed by atoms with E-state index in [1.54, 1.807) is 24.5 Å². The van der Waals surface area contributed by atoms with Crippen LogP contribution in [0.2, 0.25) is 0 Å². The van der Waals surface area contributed by atoms with Crippen LogP contribution in [0.4, 0.5) is 10.6 Å². The standard InChI is InChI=1S/C32H38N8O5S/c1-3-33-32(44)37-27-13-23(30-36-20(2)19-46-30)25(15-34-27)22-12-24-28(41)26(31(42)43)18-40(29(24)35-14-22)17-21-4-5-39(16-21)7-6-38-8-10-45-11-9-38/h12-15,18-19,21H,3-11,16-17H2,1-2H3,(H,42,43)(H2,33,34,37,44)/t21-/m0/s1. The molecule has 13 nitrogen and oxygen atoms in total. The molecule has 4 aromatic heterocycles. The Morgan fingerprint density at radius 3 is 2.63 bits per heavy atom. The number of nitrogens with one attached hydrogen (secondary N) is 2. The number of aromatic nitrogens is 4. The van der Waals surface area contributed by atoms with E-state index in [-0.39, 0.29) is 17.0 Å². The third-order valence-electron chi connectivity index (χ3n) is 8.45. The minimum atomic E-state index is -1.27. The number of rotatable bonds is 10. The predicted octanol–water partition coefficient (Wildman–Crippen LogP) is 3.38. The predicted molar refractivity (Wildman–Crippen MR) is 177 cm³/mol. The molecule has 2 aliphatic heterocycles. The molecule has 1 atom stereocenters. The Morgan fingerprint density at radius 1 is 1.09 bits per heavy atom. The van der Waals surface area contributed by atoms with E-state index in [4.69, 9.17) is 9.72 Å². The van der Waals surface area contributed by atoms with Gasteiger partial charge in [0.05, 0.1) is 18.6 Å². The number of anilines is 1. The van der Waals surface area contributed by atoms with E-state index in [2.05, 4.69) is 30.4 Å². The van der Waals surface area contributed by atoms with Crippen LogP contribution in [0.5, 0.6) is 0 Å². The molecule has 3 N–H and O–H groups in total. The number of carbonyl (C=O) groups is 2. The van der Waals surface area contributed by atoms with E-state index in [0.717, 1.165) is 64.6 Å². The summed E-state index contributed by atoms with van der Waals surface area (Å²) in [6.07, 6.45) is 5.71. The lowest BCUT2D eigenvalue weighted by Gasteiger charge is -2.28. The Hall–Kier alpha value is -4.24. The molecule has 0 bridgehead atoms. The van der Waals surface area contributed by atoms with E-state index in [9.17, 15) is 19.5 Å². The molecule has 2 amide bonds. The van der Waals surface area contributed by atoms with Gasteiger partial charge in [0.25, 0.3) is 0 Å². The maximum atomic E-state index is 13.5. The number of morpholine rings is 1. The minimum Gasteiger partial charge on any atom is -0.477 e. The molecule has 2 fully saturated rings. The van der Waals surface area contributed by atoms with Crippen LogP contribution in [0, 0.1) is 12.8 Å². The molecule has 0 saturated carbocycles. The topological polar surface area (TPSA) is 155 Å². The van der Waals surface area contributed by atoms with Crippen molar-refractivity contribution in [2.75, 3.05) is 64.3 Å². The lowest BCUT2D eigenvalue weighted by atomic mass is 10.0. The van der Waals surface area contributed by atoms with Crippen LogP contribution in [-0.4, -0.2) is 105 Å². The van der Waals surface area contributed by atoms with Gasteiger partial charge in [-0.05, 0) is 44.9 Å². The third-order valence-corrected chi connectivity index (χ3v) is 9.44. The molecule has 2 saturated heterocycles. The number of carbonyl (C=O) groups excluding carboxylic acids is 1. The largest absolute Gasteiger partial charge is 0.477 e. The minimum absolute atomic E-state index is 0.227. The molecule has 6 rings (SSSR count). The van der Waals surface area contributed by atoms with E-state index >= 15 is 0 Å². The number of fused-ring (bicyclic) bond motifs is 1. The molecular weight excluding hydrogens is 608 g/mol. The SMILES string of the molecule is CCNC(=O)Nc1cc(-c2nc(C)cs2)c(-c2cnc3c(c2)c(=O)c(C(=O)O)cn3C[C@H]2CCN(CCN3CCOCC3)C2)cn1. The van der Waals surface area contributed by atoms with Gasteiger partial charge in [0.2, 0.25) is 5.43 Å². The maximum Gasteiger partial charge on any atom is 0.341 e. The average Bonchev–Trinajstić information content (AvgIpc) is 3.70. The number of thiazole rings is 1. The Bertz CT molecular complexity index is 1800. The van der Waals surface area contributed by atoms with Gasteiger partial charge in [0.1, 0.15) is 22.0 Å². The molecule has 242 valence electrons. The highest BCUT2D eigenvalue weighted by Crippen LogP contribution is 2.35. The number of likely N-dealkylation sites (tertiary alicyclic amines) is 1. The number of carboxylic acids is 1. The highest BCUT2D eigenvalue weighted by Gasteiger charge is 2.26. The zero-order valence-electron chi connectivity index (χ0n) is 26.0. The van der Waals surface area contributed by atoms with Crippen molar-refractivity contribution in [2.24, 2.45) is 5.92 Å². The van der Waals surface area contributed by atoms with E-state index in [1.165, 1.54) is 17.5 Å². The number of aromatic carboxylic acids is 1. The first-order valence-electron chi connectivity index (χ1n) is 15.6. The van der Waals surface area contributed by atoms with Gasteiger partial charge in [0.15, 0.2) is 0 Å². The van der Waals surface area contributed by atoms with E-state index < -0.39 is 11.4 Å². The van der Waals surface area contributed by atoms with Crippen molar-refractivity contribution in [2.45, 2.75) is 26.8 Å². The summed E-state index contributed by atoms with van der Waals surface area (Å²) >= 11 is 1.45. The summed E-state index contributed by atoms with van der Waals surface area (Å²) in [6, 6.07) is 3.05. The second kappa shape index (κ2) is 14.0. The van der Waals surface area contributed by atoms with Gasteiger partial charge in [-0.15, -0.1) is 11.3 Å². The molecular formula is C32H38N8O5S. The lowest BCUT2D eigenvalue weighted by Crippen LogP contribution is -2.41. The molecule has 6 heterocycles. The summed E-state index contributed by atoms with van der Waals surface area (Å²) < 4.78 is 7.28. The maximum absolute atomic E-state index is 13.5. The van der Waals surface area contributed by atoms with Gasteiger partial charge < -0.3 is 24.6 Å². The number of hydrogen-bond donors (Lipinski definition) is 3. The van der Waals surface area contributed by atoms with Gasteiger partial charge in [-0.1, -0.05) is 0 Å². The van der Waals surface area contributed by atoms with Gasteiger partial charge in [-0.3, -0.25) is 15.0 Å². The van der Waals surface area contributed by atoms with Crippen molar-refractivity contribution in [1.82, 2.24) is 34.6 Å². The van der Waals surface area contributed by atoms with Crippen LogP contribution in [0.25, 0.3) is 32.7 Å². The van der Waals surface area contributed by atoms with Crippen LogP contribution in [-0.2, 0) is 11.3 Å². The van der Waals surface area contributed by atoms with Crippen LogP contribution in [0.15, 0.2) is 40.9 Å². The number of amides is 2. The fourth-order valence-corrected chi connectivity index (χ4v) is 6.92. The zero-order valence-corrected chi connectivity index (χ0v) is 26.8. The van der Waals surface area contributed by atoms with Crippen LogP contribution < -0.4 is 16.1 Å². The quantitative estimate of drug-likeness (QED) is 0.234. The zero-order chi connectivity index (χ0) is 32.2. The molecule has 0 aromatic carbocycles. The van der Waals surface area contributed by atoms with Crippen LogP contribution in [0.3, 0.4) is 0 Å². The average molecular weight is 647 g/mol. The number of pyridine rings is 3. The summed E-state index contributed by atoms with van der Waals surface area (Å²) in [7, 11) is 0. The van der Waals surface area contributed by atoms with Crippen molar-refractivity contribution in [3.63, 3.8) is 0 Å². The van der Waals surface area contributed by atoms with E-state index in [0.29, 0.717) is 52.2 Å². The van der Waals surface area contributed by atoms with Gasteiger partial charge in [-0.25, -0.2) is 24.5 Å². The highest BCUT2D eigenvalue weighted by atomic mass is 32.1. The first-order valence-corrected chi connectivity index (χ1v) is 16.4. The number of aryl methyl sites for hydroxylation is 1. The summed E-state index contributed by atoms with van der Waals surface area (Å²) in [5.74, 6) is -0.629. The fraction of sp³-hybridized carbons (Fsp3) is 0.438. The fourth-order valence-electron chi connectivity index (χ4n) is 6.09. The number of nitrogens with zero attached hydrogens (tertiary/aromatic N) is 6. The lowest BCUT2D eigenvalue weighted by molar-refractivity contribution is 0.0342. The van der Waals surface area contributed by atoms with Gasteiger partial charge in [-0.2, -0.15) is 0 Å². The van der Waals surface area contributed by atoms with Crippen molar-refractivity contribution in [3.8, 4) is 21.7 Å². The van der Waals surface area contributed by atoms with E-state index in [1.807, 2.05) is 23.8 Å². The monoisotopic (exact) mass is 646 g/mol. The Kier molecular flexibility index (Phi) is 9.68. The number of ether oxygens (including phenoxy) is 1. The van der Waals surface area contributed by atoms with Crippen molar-refractivity contribution in [3.05, 3.63) is 57.6 Å². The van der Waals surface area contributed by atoms with Crippen LogP contribution in [0.1, 0.15) is 29.4 Å². The first-order chi connectivity index (χ1) is 22.3. The molecule has 0 radical (unpaired) electrons. The highest BCUT2D eigenvalue weighted by molar-refractivity contribution is 7.13. The second-order valence-electron chi connectivity index (χ2n) is 11.7. The Labute approximate surface area is 270 Å². The molecule has 0 spiro atoms. The molecule has 46 heavy (non-hydrogen) atoms. The smallest absolute Gasteiger partial charge is 0.341 e. The summed E-state index contributed by atoms with van der Waals surface area (Å²) in [6.45, 7) is 12.1. The van der Waals surface area contributed by atoms with Crippen molar-refractivity contribution in [1.29, 1.82) is 0 Å². The van der Waals surface area contributed by atoms with Crippen molar-refractivity contribution >= 4 is 40.2 Å². The number of urea groups is 1. The molecule has 0 aliphatic carbocycles. The molecule has 4 aromatic rings. The third kappa shape index (κ3) is 7.09. The Balaban J connectivity index is 1.31. The normalized spacial score (nSPS) is 17.4. The Morgan fingerprint density at radius 2 is 1.89 bits per heavy atom. The van der Waals surface area contributed by atoms with Crippen molar-refractivity contribution < 1.29 is 19.4 Å². The summed E-state index contributed by atoms with van der Waals surface area (Å²) in [4.78, 5) is 56.6. The molecule has 2 aliphatic rings. The number of hydrogen-bond acceptors (Lipinski definition) is 10. The first kappa shape index (κ1) is 31.7. The summed E-state index contributed by atoms with van der Waals surface area (Å²) in [5, 5.41) is 18.3. The van der Waals surface area contributed by atoms with Gasteiger partial charge >= 0.3 is 12.0 Å². The molecule has 14 heteroatoms.